The Morgan fingerprint density at radius 2 is 1.88 bits per heavy atom. The first-order valence-corrected chi connectivity index (χ1v) is 11.1. The van der Waals surface area contributed by atoms with E-state index in [0.717, 1.165) is 34.7 Å². The third kappa shape index (κ3) is 3.78. The Bertz CT molecular complexity index is 1100. The number of imidazole rings is 1. The van der Waals surface area contributed by atoms with Crippen molar-refractivity contribution in [1.29, 1.82) is 0 Å². The van der Waals surface area contributed by atoms with Crippen molar-refractivity contribution in [2.24, 2.45) is 0 Å². The maximum absolute atomic E-state index is 10.6. The molecule has 2 aliphatic heterocycles. The summed E-state index contributed by atoms with van der Waals surface area (Å²) in [7, 11) is 0. The van der Waals surface area contributed by atoms with Gasteiger partial charge in [-0.1, -0.05) is 6.07 Å². The summed E-state index contributed by atoms with van der Waals surface area (Å²) in [5.41, 5.74) is 5.05. The molecule has 170 valence electrons. The second kappa shape index (κ2) is 8.46. The lowest BCUT2D eigenvalue weighted by Gasteiger charge is -2.46. The van der Waals surface area contributed by atoms with Crippen molar-refractivity contribution < 1.29 is 24.4 Å². The molecule has 0 saturated carbocycles. The van der Waals surface area contributed by atoms with Gasteiger partial charge in [-0.05, 0) is 62.7 Å². The number of aryl methyl sites for hydroxylation is 2. The minimum Gasteiger partial charge on any atom is -0.387 e. The predicted octanol–water partition coefficient (Wildman–Crippen LogP) is 2.65. The Kier molecular flexibility index (Phi) is 5.65. The van der Waals surface area contributed by atoms with Crippen molar-refractivity contribution in [3.63, 3.8) is 0 Å². The first-order chi connectivity index (χ1) is 15.4. The Morgan fingerprint density at radius 3 is 2.62 bits per heavy atom. The standard InChI is InChI=1S/C24H29N3O5/c1-4-27-18-10-5-13(2)11-17(18)26-23(27)15-6-8-16(9-7-15)25-24-21(29)20(28)22-19(32-24)12-30-14(3)31-22/h5-11,14,19-22,24-25,28-29H,4,12H2,1-3H3/t14?,19-,20-,21-,22-,24-/m1/s1. The molecule has 0 spiro atoms. The van der Waals surface area contributed by atoms with Crippen LogP contribution in [0.15, 0.2) is 42.5 Å². The van der Waals surface area contributed by atoms with Crippen LogP contribution in [0.4, 0.5) is 5.69 Å². The zero-order valence-electron chi connectivity index (χ0n) is 18.4. The number of fused-ring (bicyclic) bond motifs is 2. The molecule has 1 unspecified atom stereocenters. The maximum atomic E-state index is 10.6. The summed E-state index contributed by atoms with van der Waals surface area (Å²) in [6.45, 7) is 7.06. The number of nitrogens with zero attached hydrogens (tertiary/aromatic N) is 2. The Morgan fingerprint density at radius 1 is 1.09 bits per heavy atom. The summed E-state index contributed by atoms with van der Waals surface area (Å²) in [4.78, 5) is 4.85. The van der Waals surface area contributed by atoms with Crippen LogP contribution in [0.3, 0.4) is 0 Å². The average Bonchev–Trinajstić information content (AvgIpc) is 3.16. The molecule has 3 heterocycles. The van der Waals surface area contributed by atoms with Crippen molar-refractivity contribution in [2.75, 3.05) is 11.9 Å². The highest BCUT2D eigenvalue weighted by Crippen LogP contribution is 2.30. The molecule has 0 amide bonds. The largest absolute Gasteiger partial charge is 0.387 e. The molecule has 3 N–H and O–H groups in total. The van der Waals surface area contributed by atoms with E-state index < -0.39 is 36.9 Å². The van der Waals surface area contributed by atoms with Crippen molar-refractivity contribution in [3.8, 4) is 11.4 Å². The first-order valence-electron chi connectivity index (χ1n) is 11.1. The number of hydrogen-bond donors (Lipinski definition) is 3. The topological polar surface area (TPSA) is 98.0 Å². The maximum Gasteiger partial charge on any atom is 0.157 e. The molecule has 2 saturated heterocycles. The molecule has 8 nitrogen and oxygen atoms in total. The lowest BCUT2D eigenvalue weighted by atomic mass is 9.97. The van der Waals surface area contributed by atoms with Crippen LogP contribution in [0, 0.1) is 6.92 Å². The van der Waals surface area contributed by atoms with E-state index in [1.807, 2.05) is 24.3 Å². The lowest BCUT2D eigenvalue weighted by molar-refractivity contribution is -0.317. The molecule has 8 heteroatoms. The third-order valence-electron chi connectivity index (χ3n) is 6.20. The van der Waals surface area contributed by atoms with Gasteiger partial charge in [-0.2, -0.15) is 0 Å². The summed E-state index contributed by atoms with van der Waals surface area (Å²) in [5, 5.41) is 24.2. The molecule has 3 aromatic rings. The molecule has 0 aliphatic carbocycles. The average molecular weight is 440 g/mol. The summed E-state index contributed by atoms with van der Waals surface area (Å²) in [6, 6.07) is 14.1. The minimum absolute atomic E-state index is 0.305. The van der Waals surface area contributed by atoms with Gasteiger partial charge in [-0.25, -0.2) is 4.98 Å². The molecule has 2 aliphatic rings. The lowest BCUT2D eigenvalue weighted by Crippen LogP contribution is -2.64. The zero-order chi connectivity index (χ0) is 22.4. The fourth-order valence-corrected chi connectivity index (χ4v) is 4.51. The van der Waals surface area contributed by atoms with Crippen LogP contribution in [0.1, 0.15) is 19.4 Å². The summed E-state index contributed by atoms with van der Waals surface area (Å²) < 4.78 is 19.2. The van der Waals surface area contributed by atoms with Crippen molar-refractivity contribution in [3.05, 3.63) is 48.0 Å². The van der Waals surface area contributed by atoms with Crippen LogP contribution in [0.25, 0.3) is 22.4 Å². The quantitative estimate of drug-likeness (QED) is 0.575. The van der Waals surface area contributed by atoms with E-state index in [2.05, 4.69) is 41.9 Å². The Balaban J connectivity index is 1.35. The molecular formula is C24H29N3O5. The van der Waals surface area contributed by atoms with Crippen LogP contribution in [-0.2, 0) is 20.8 Å². The number of rotatable bonds is 4. The van der Waals surface area contributed by atoms with Gasteiger partial charge in [0.15, 0.2) is 12.5 Å². The van der Waals surface area contributed by atoms with E-state index in [-0.39, 0.29) is 0 Å². The zero-order valence-corrected chi connectivity index (χ0v) is 18.4. The molecule has 2 aromatic carbocycles. The number of hydrogen-bond acceptors (Lipinski definition) is 7. The minimum atomic E-state index is -1.13. The molecule has 32 heavy (non-hydrogen) atoms. The molecule has 0 radical (unpaired) electrons. The molecule has 5 rings (SSSR count). The monoisotopic (exact) mass is 439 g/mol. The van der Waals surface area contributed by atoms with Gasteiger partial charge in [0.05, 0.1) is 17.6 Å². The Hall–Kier alpha value is -2.49. The van der Waals surface area contributed by atoms with Gasteiger partial charge in [-0.3, -0.25) is 0 Å². The molecule has 0 bridgehead atoms. The number of aromatic nitrogens is 2. The summed E-state index contributed by atoms with van der Waals surface area (Å²) in [5.74, 6) is 0.914. The van der Waals surface area contributed by atoms with Crippen molar-refractivity contribution in [1.82, 2.24) is 9.55 Å². The van der Waals surface area contributed by atoms with Gasteiger partial charge in [0, 0.05) is 17.8 Å². The van der Waals surface area contributed by atoms with Gasteiger partial charge >= 0.3 is 0 Å². The van der Waals surface area contributed by atoms with Gasteiger partial charge < -0.3 is 34.3 Å². The van der Waals surface area contributed by atoms with Gasteiger partial charge in [0.25, 0.3) is 0 Å². The highest BCUT2D eigenvalue weighted by molar-refractivity contribution is 5.81. The smallest absolute Gasteiger partial charge is 0.157 e. The van der Waals surface area contributed by atoms with E-state index in [1.165, 1.54) is 5.56 Å². The highest BCUT2D eigenvalue weighted by Gasteiger charge is 2.48. The number of ether oxygens (including phenoxy) is 3. The Labute approximate surface area is 186 Å². The number of benzene rings is 2. The van der Waals surface area contributed by atoms with Gasteiger partial charge in [0.1, 0.15) is 30.2 Å². The van der Waals surface area contributed by atoms with E-state index in [1.54, 1.807) is 6.92 Å². The van der Waals surface area contributed by atoms with Crippen LogP contribution in [0.5, 0.6) is 0 Å². The highest BCUT2D eigenvalue weighted by atomic mass is 16.7. The van der Waals surface area contributed by atoms with E-state index in [0.29, 0.717) is 6.61 Å². The van der Waals surface area contributed by atoms with Crippen molar-refractivity contribution in [2.45, 2.75) is 64.2 Å². The second-order valence-corrected chi connectivity index (χ2v) is 8.47. The molecule has 1 aromatic heterocycles. The normalized spacial score (nSPS) is 30.3. The number of nitrogens with one attached hydrogen (secondary N) is 1. The fraction of sp³-hybridized carbons (Fsp3) is 0.458. The number of aliphatic hydroxyl groups excluding tert-OH is 2. The summed E-state index contributed by atoms with van der Waals surface area (Å²) >= 11 is 0. The predicted molar refractivity (Wildman–Crippen MR) is 120 cm³/mol. The van der Waals surface area contributed by atoms with Gasteiger partial charge in [-0.15, -0.1) is 0 Å². The molecule has 2 fully saturated rings. The second-order valence-electron chi connectivity index (χ2n) is 8.47. The molecular weight excluding hydrogens is 410 g/mol. The van der Waals surface area contributed by atoms with Crippen molar-refractivity contribution >= 4 is 16.7 Å². The molecule has 6 atom stereocenters. The SMILES string of the molecule is CCn1c(-c2ccc(N[C@@H]3O[C@@H]4COC(C)O[C@H]4[C@H](O)[C@H]3O)cc2)nc2cc(C)ccc21. The van der Waals surface area contributed by atoms with E-state index in [9.17, 15) is 10.2 Å². The van der Waals surface area contributed by atoms with E-state index in [4.69, 9.17) is 19.2 Å². The van der Waals surface area contributed by atoms with Crippen LogP contribution < -0.4 is 5.32 Å². The first kappa shape index (κ1) is 21.4. The number of anilines is 1. The van der Waals surface area contributed by atoms with Crippen LogP contribution in [0.2, 0.25) is 0 Å². The fourth-order valence-electron chi connectivity index (χ4n) is 4.51. The van der Waals surface area contributed by atoms with Crippen LogP contribution >= 0.6 is 0 Å². The number of aliphatic hydroxyl groups is 2. The van der Waals surface area contributed by atoms with Crippen LogP contribution in [-0.4, -0.2) is 63.3 Å². The third-order valence-corrected chi connectivity index (χ3v) is 6.20. The van der Waals surface area contributed by atoms with E-state index >= 15 is 0 Å². The summed E-state index contributed by atoms with van der Waals surface area (Å²) in [6.07, 6.45) is -4.47. The van der Waals surface area contributed by atoms with Gasteiger partial charge in [0.2, 0.25) is 0 Å².